The zero-order valence-electron chi connectivity index (χ0n) is 18.1. The van der Waals surface area contributed by atoms with Crippen LogP contribution in [0.25, 0.3) is 10.9 Å². The molecule has 0 saturated heterocycles. The van der Waals surface area contributed by atoms with E-state index >= 15 is 0 Å². The van der Waals surface area contributed by atoms with Gasteiger partial charge in [-0.05, 0) is 43.4 Å². The Morgan fingerprint density at radius 3 is 2.74 bits per heavy atom. The summed E-state index contributed by atoms with van der Waals surface area (Å²) in [6.45, 7) is 5.92. The Hall–Kier alpha value is -2.41. The van der Waals surface area contributed by atoms with E-state index in [0.29, 0.717) is 43.4 Å². The van der Waals surface area contributed by atoms with Gasteiger partial charge in [0, 0.05) is 5.39 Å². The second-order valence-corrected chi connectivity index (χ2v) is 9.94. The van der Waals surface area contributed by atoms with E-state index in [2.05, 4.69) is 15.8 Å². The van der Waals surface area contributed by atoms with Crippen LogP contribution in [0.3, 0.4) is 0 Å². The van der Waals surface area contributed by atoms with Crippen molar-refractivity contribution >= 4 is 26.9 Å². The van der Waals surface area contributed by atoms with Gasteiger partial charge in [-0.2, -0.15) is 9.98 Å². The van der Waals surface area contributed by atoms with Crippen molar-refractivity contribution in [2.75, 3.05) is 12.4 Å². The predicted molar refractivity (Wildman–Crippen MR) is 117 cm³/mol. The van der Waals surface area contributed by atoms with Crippen LogP contribution in [-0.4, -0.2) is 42.9 Å². The topological polar surface area (TPSA) is 132 Å². The van der Waals surface area contributed by atoms with Gasteiger partial charge in [0.1, 0.15) is 5.60 Å². The van der Waals surface area contributed by atoms with E-state index in [4.69, 9.17) is 4.74 Å². The van der Waals surface area contributed by atoms with E-state index in [1.807, 2.05) is 26.8 Å². The average Bonchev–Trinajstić information content (AvgIpc) is 3.13. The minimum absolute atomic E-state index is 0.146. The summed E-state index contributed by atoms with van der Waals surface area (Å²) in [6, 6.07) is 4.32. The van der Waals surface area contributed by atoms with Crippen LogP contribution in [0, 0.1) is 18.3 Å². The molecule has 0 saturated carbocycles. The second kappa shape index (κ2) is 8.99. The fourth-order valence-electron chi connectivity index (χ4n) is 4.48. The Morgan fingerprint density at radius 2 is 2.13 bits per heavy atom. The maximum Gasteiger partial charge on any atom is 0.325 e. The third-order valence-corrected chi connectivity index (χ3v) is 7.34. The first kappa shape index (κ1) is 23.3. The molecule has 1 aromatic heterocycles. The number of H-pyrrole nitrogens is 1. The van der Waals surface area contributed by atoms with Crippen LogP contribution in [0.2, 0.25) is 0 Å². The Bertz CT molecular complexity index is 1130. The number of carboxylic acids is 1. The number of hydrogen-bond donors (Lipinski definition) is 3. The van der Waals surface area contributed by atoms with Gasteiger partial charge in [-0.15, -0.1) is 0 Å². The molecule has 8 nitrogen and oxygen atoms in total. The van der Waals surface area contributed by atoms with Gasteiger partial charge >= 0.3 is 5.97 Å². The highest BCUT2D eigenvalue weighted by Gasteiger charge is 2.51. The number of nitrogens with zero attached hydrogens (tertiary/aromatic N) is 1. The van der Waals surface area contributed by atoms with Gasteiger partial charge < -0.3 is 14.8 Å². The van der Waals surface area contributed by atoms with Crippen molar-refractivity contribution in [2.45, 2.75) is 64.5 Å². The molecule has 9 heteroatoms. The average molecular weight is 448 g/mol. The van der Waals surface area contributed by atoms with Gasteiger partial charge in [0.2, 0.25) is 10.0 Å². The molecule has 31 heavy (non-hydrogen) atoms. The van der Waals surface area contributed by atoms with Gasteiger partial charge in [0.05, 0.1) is 35.2 Å². The molecule has 2 atom stereocenters. The van der Waals surface area contributed by atoms with Crippen LogP contribution in [0.5, 0.6) is 0 Å². The lowest BCUT2D eigenvalue weighted by atomic mass is 9.81. The summed E-state index contributed by atoms with van der Waals surface area (Å²) in [5.74, 6) is -1.44. The molecule has 3 N–H and O–H groups in total. The largest absolute Gasteiger partial charge is 0.480 e. The molecule has 1 aliphatic heterocycles. The fourth-order valence-corrected chi connectivity index (χ4v) is 5.91. The summed E-state index contributed by atoms with van der Waals surface area (Å²) in [5, 5.41) is 20.5. The lowest BCUT2D eigenvalue weighted by Crippen LogP contribution is -2.58. The van der Waals surface area contributed by atoms with Crippen molar-refractivity contribution in [2.24, 2.45) is 0 Å². The smallest absolute Gasteiger partial charge is 0.325 e. The van der Waals surface area contributed by atoms with Crippen molar-refractivity contribution in [3.8, 4) is 6.07 Å². The van der Waals surface area contributed by atoms with E-state index in [1.165, 1.54) is 0 Å². The number of aromatic amines is 1. The Morgan fingerprint density at radius 1 is 1.39 bits per heavy atom. The zero-order valence-corrected chi connectivity index (χ0v) is 18.9. The summed E-state index contributed by atoms with van der Waals surface area (Å²) in [6.07, 6.45) is 2.51. The van der Waals surface area contributed by atoms with E-state index in [9.17, 15) is 23.6 Å². The predicted octanol–water partition coefficient (Wildman–Crippen LogP) is 3.09. The van der Waals surface area contributed by atoms with Crippen LogP contribution in [0.1, 0.15) is 61.9 Å². The van der Waals surface area contributed by atoms with Crippen LogP contribution in [0.4, 0.5) is 0 Å². The van der Waals surface area contributed by atoms with Crippen molar-refractivity contribution in [1.82, 2.24) is 9.71 Å². The minimum atomic E-state index is -3.82. The van der Waals surface area contributed by atoms with Crippen molar-refractivity contribution < 1.29 is 23.1 Å². The van der Waals surface area contributed by atoms with Crippen LogP contribution < -0.4 is 4.72 Å². The number of benzene rings is 1. The maximum absolute atomic E-state index is 12.6. The lowest BCUT2D eigenvalue weighted by molar-refractivity contribution is -0.155. The summed E-state index contributed by atoms with van der Waals surface area (Å²) in [5.41, 5.74) is 2.16. The van der Waals surface area contributed by atoms with Crippen LogP contribution in [-0.2, 0) is 31.6 Å². The van der Waals surface area contributed by atoms with E-state index in [-0.39, 0.29) is 12.4 Å². The number of fused-ring (bicyclic) bond motifs is 3. The first-order chi connectivity index (χ1) is 14.7. The molecule has 0 amide bonds. The minimum Gasteiger partial charge on any atom is -0.480 e. The summed E-state index contributed by atoms with van der Waals surface area (Å²) < 4.78 is 33.8. The summed E-state index contributed by atoms with van der Waals surface area (Å²) >= 11 is 0. The number of carbonyl (C=O) groups is 1. The fraction of sp³-hybridized carbons (Fsp3) is 0.545. The molecule has 1 aromatic carbocycles. The number of unbranched alkanes of at least 4 members (excludes halogenated alkanes) is 1. The Kier molecular flexibility index (Phi) is 6.74. The van der Waals surface area contributed by atoms with Gasteiger partial charge in [-0.1, -0.05) is 32.8 Å². The van der Waals surface area contributed by atoms with Crippen LogP contribution in [0.15, 0.2) is 12.1 Å². The van der Waals surface area contributed by atoms with Crippen molar-refractivity contribution in [3.05, 3.63) is 34.5 Å². The van der Waals surface area contributed by atoms with E-state index in [1.54, 1.807) is 6.07 Å². The number of aliphatic carboxylic acids is 1. The van der Waals surface area contributed by atoms with Gasteiger partial charge in [-0.25, -0.2) is 8.42 Å². The normalized spacial score (nSPS) is 19.7. The number of ether oxygens (including phenoxy) is 1. The highest BCUT2D eigenvalue weighted by Crippen LogP contribution is 2.44. The molecule has 0 radical (unpaired) electrons. The molecule has 2 heterocycles. The van der Waals surface area contributed by atoms with Gasteiger partial charge in [0.25, 0.3) is 0 Å². The monoisotopic (exact) mass is 447 g/mol. The molecule has 0 fully saturated rings. The number of aryl methyl sites for hydroxylation is 1. The van der Waals surface area contributed by atoms with Gasteiger partial charge in [0.15, 0.2) is 6.04 Å². The number of aromatic nitrogens is 1. The molecule has 168 valence electrons. The van der Waals surface area contributed by atoms with Crippen molar-refractivity contribution in [1.29, 1.82) is 5.26 Å². The Balaban J connectivity index is 2.23. The molecular formula is C22H29N3O5S. The number of rotatable bonds is 9. The molecule has 0 aliphatic carbocycles. The molecule has 0 spiro atoms. The Labute approximate surface area is 182 Å². The molecular weight excluding hydrogens is 418 g/mol. The summed E-state index contributed by atoms with van der Waals surface area (Å²) in [7, 11) is -3.82. The maximum atomic E-state index is 12.6. The highest BCUT2D eigenvalue weighted by atomic mass is 32.2. The number of carboxylic acid groups (broad SMARTS) is 1. The molecule has 1 aliphatic rings. The molecule has 3 rings (SSSR count). The number of hydrogen-bond acceptors (Lipinski definition) is 5. The highest BCUT2D eigenvalue weighted by molar-refractivity contribution is 7.89. The first-order valence-electron chi connectivity index (χ1n) is 10.6. The van der Waals surface area contributed by atoms with E-state index in [0.717, 1.165) is 22.0 Å². The first-order valence-corrected chi connectivity index (χ1v) is 12.3. The third kappa shape index (κ3) is 4.20. The molecule has 0 bridgehead atoms. The van der Waals surface area contributed by atoms with E-state index < -0.39 is 27.6 Å². The van der Waals surface area contributed by atoms with Gasteiger partial charge in [-0.3, -0.25) is 4.79 Å². The molecule has 0 unspecified atom stereocenters. The van der Waals surface area contributed by atoms with Crippen LogP contribution >= 0.6 is 0 Å². The zero-order chi connectivity index (χ0) is 22.8. The number of nitriles is 1. The molecule has 2 aromatic rings. The number of nitrogens with one attached hydrogen (secondary N) is 2. The SMILES string of the molecule is CCCCS(=O)(=O)N[C@@H](C(=O)O)[C@@]1(CCC)OCCc2c1[nH]c1c(C)ccc(C#N)c21. The third-order valence-electron chi connectivity index (χ3n) is 5.92. The second-order valence-electron chi connectivity index (χ2n) is 8.07. The van der Waals surface area contributed by atoms with Crippen molar-refractivity contribution in [3.63, 3.8) is 0 Å². The standard InChI is InChI=1S/C22H29N3O5S/c1-4-6-12-31(28,29)25-20(21(26)27)22(10-5-2)19-16(9-11-30-22)17-15(13-23)8-7-14(3)18(17)24-19/h7-8,20,24-25H,4-6,9-12H2,1-3H3,(H,26,27)/t20-,22-/m0/s1. The number of sulfonamides is 1. The summed E-state index contributed by atoms with van der Waals surface area (Å²) in [4.78, 5) is 15.7. The lowest BCUT2D eigenvalue weighted by Gasteiger charge is -2.41. The quantitative estimate of drug-likeness (QED) is 0.541.